The average Bonchev–Trinajstić information content (AvgIpc) is 3.47. The predicted molar refractivity (Wildman–Crippen MR) is 134 cm³/mol. The van der Waals surface area contributed by atoms with Crippen LogP contribution in [0.15, 0.2) is 61.0 Å². The van der Waals surface area contributed by atoms with Gasteiger partial charge in [-0.05, 0) is 58.5 Å². The molecule has 2 fully saturated rings. The minimum atomic E-state index is -0.267. The lowest BCUT2D eigenvalue weighted by molar-refractivity contribution is -0.140. The Balaban J connectivity index is 1.34. The molecule has 5 rings (SSSR count). The van der Waals surface area contributed by atoms with Crippen molar-refractivity contribution in [1.29, 1.82) is 0 Å². The van der Waals surface area contributed by atoms with Crippen LogP contribution in [-0.2, 0) is 16.2 Å². The highest BCUT2D eigenvalue weighted by molar-refractivity contribution is 9.11. The number of halogens is 3. The number of amides is 2. The molecule has 0 unspecified atom stereocenters. The number of hydrogen-bond donors (Lipinski definition) is 0. The summed E-state index contributed by atoms with van der Waals surface area (Å²) < 4.78 is 14.1. The number of hydrazone groups is 1. The Morgan fingerprint density at radius 1 is 1.00 bits per heavy atom. The molecule has 0 N–H and O–H groups in total. The van der Waals surface area contributed by atoms with Gasteiger partial charge in [-0.1, -0.05) is 50.1 Å². The molecule has 1 saturated heterocycles. The van der Waals surface area contributed by atoms with Gasteiger partial charge in [0.15, 0.2) is 11.5 Å². The van der Waals surface area contributed by atoms with Crippen molar-refractivity contribution in [2.24, 2.45) is 28.8 Å². The monoisotopic (exact) mass is 636 g/mol. The maximum Gasteiger partial charge on any atom is 0.254 e. The molecule has 1 saturated carbocycles. The minimum absolute atomic E-state index is 0.158. The lowest BCUT2D eigenvalue weighted by atomic mass is 9.85. The second-order valence-corrected chi connectivity index (χ2v) is 10.9. The van der Waals surface area contributed by atoms with Crippen molar-refractivity contribution in [2.75, 3.05) is 7.11 Å². The molecule has 2 bridgehead atoms. The summed E-state index contributed by atoms with van der Waals surface area (Å²) in [6.45, 7) is 0.347. The number of hydrogen-bond acceptors (Lipinski definition) is 5. The molecule has 2 aromatic rings. The third-order valence-electron chi connectivity index (χ3n) is 6.44. The number of nitrogens with zero attached hydrogens (tertiary/aromatic N) is 2. The van der Waals surface area contributed by atoms with Crippen LogP contribution >= 0.6 is 47.8 Å². The van der Waals surface area contributed by atoms with E-state index in [1.54, 1.807) is 19.2 Å². The molecule has 0 aromatic heterocycles. The van der Waals surface area contributed by atoms with Crippen LogP contribution in [0.5, 0.6) is 11.5 Å². The highest BCUT2D eigenvalue weighted by Gasteiger charge is 2.59. The highest BCUT2D eigenvalue weighted by Crippen LogP contribution is 2.52. The van der Waals surface area contributed by atoms with E-state index in [0.717, 1.165) is 25.9 Å². The Kier molecular flexibility index (Phi) is 6.22. The van der Waals surface area contributed by atoms with Gasteiger partial charge >= 0.3 is 0 Å². The Morgan fingerprint density at radius 3 is 2.33 bits per heavy atom. The van der Waals surface area contributed by atoms with Crippen LogP contribution in [0, 0.1) is 23.7 Å². The SMILES string of the molecule is COc1cc(C=NN2C(=O)[C@@H]3[C@H](C2=O)[C@H]2C=C[C@H]3C2)c(Br)cc1OCc1ccc(Br)cc1Br. The molecule has 2 aromatic carbocycles. The number of fused-ring (bicyclic) bond motifs is 5. The fourth-order valence-corrected chi connectivity index (χ4v) is 6.42. The number of carbonyl (C=O) groups excluding carboxylic acids is 2. The van der Waals surface area contributed by atoms with Crippen molar-refractivity contribution in [3.8, 4) is 11.5 Å². The number of rotatable bonds is 6. The van der Waals surface area contributed by atoms with Gasteiger partial charge in [0.1, 0.15) is 6.61 Å². The summed E-state index contributed by atoms with van der Waals surface area (Å²) in [5, 5.41) is 5.30. The Labute approximate surface area is 216 Å². The van der Waals surface area contributed by atoms with Gasteiger partial charge in [-0.25, -0.2) is 0 Å². The molecule has 6 nitrogen and oxygen atoms in total. The van der Waals surface area contributed by atoms with Crippen LogP contribution in [-0.4, -0.2) is 30.1 Å². The summed E-state index contributed by atoms with van der Waals surface area (Å²) in [7, 11) is 1.56. The molecule has 9 heteroatoms. The van der Waals surface area contributed by atoms with Crippen molar-refractivity contribution in [3.63, 3.8) is 0 Å². The van der Waals surface area contributed by atoms with Gasteiger partial charge in [-0.2, -0.15) is 10.1 Å². The summed E-state index contributed by atoms with van der Waals surface area (Å²) in [6, 6.07) is 9.43. The van der Waals surface area contributed by atoms with Gasteiger partial charge in [0, 0.05) is 24.5 Å². The maximum atomic E-state index is 12.8. The fraction of sp³-hybridized carbons (Fsp3) is 0.292. The third kappa shape index (κ3) is 4.08. The van der Waals surface area contributed by atoms with Crippen molar-refractivity contribution >= 4 is 65.8 Å². The van der Waals surface area contributed by atoms with Gasteiger partial charge in [0.2, 0.25) is 0 Å². The van der Waals surface area contributed by atoms with E-state index in [-0.39, 0.29) is 35.5 Å². The second-order valence-electron chi connectivity index (χ2n) is 8.28. The Morgan fingerprint density at radius 2 is 1.70 bits per heavy atom. The van der Waals surface area contributed by atoms with E-state index in [0.29, 0.717) is 28.1 Å². The van der Waals surface area contributed by atoms with Gasteiger partial charge in [0.05, 0.1) is 25.2 Å². The molecular weight excluding hydrogens is 620 g/mol. The lowest BCUT2D eigenvalue weighted by Crippen LogP contribution is -2.28. The average molecular weight is 639 g/mol. The first-order chi connectivity index (χ1) is 15.9. The van der Waals surface area contributed by atoms with Crippen LogP contribution in [0.2, 0.25) is 0 Å². The van der Waals surface area contributed by atoms with E-state index in [1.807, 2.05) is 18.2 Å². The standard InChI is InChI=1S/C24H19Br3N2O4/c1-32-19-7-15(18(27)9-20(19)33-11-14-4-5-16(25)8-17(14)26)10-28-29-23(30)21-12-2-3-13(6-12)22(21)24(29)31/h2-5,7-10,12-13,21-22H,6,11H2,1H3/t12-,13-,21-,22+/m0/s1. The van der Waals surface area contributed by atoms with Crippen LogP contribution in [0.3, 0.4) is 0 Å². The van der Waals surface area contributed by atoms with Crippen molar-refractivity contribution in [3.05, 3.63) is 67.0 Å². The zero-order valence-corrected chi connectivity index (χ0v) is 22.3. The maximum absolute atomic E-state index is 12.8. The van der Waals surface area contributed by atoms with E-state index in [2.05, 4.69) is 65.0 Å². The van der Waals surface area contributed by atoms with Crippen molar-refractivity contribution in [1.82, 2.24) is 5.01 Å². The molecule has 1 aliphatic heterocycles. The molecule has 4 atom stereocenters. The zero-order chi connectivity index (χ0) is 23.3. The number of allylic oxidation sites excluding steroid dienone is 2. The van der Waals surface area contributed by atoms with Crippen LogP contribution in [0.1, 0.15) is 17.5 Å². The van der Waals surface area contributed by atoms with E-state index in [1.165, 1.54) is 6.21 Å². The molecule has 170 valence electrons. The second kappa shape index (κ2) is 9.00. The first-order valence-electron chi connectivity index (χ1n) is 10.4. The zero-order valence-electron chi connectivity index (χ0n) is 17.5. The van der Waals surface area contributed by atoms with E-state index >= 15 is 0 Å². The number of carbonyl (C=O) groups is 2. The summed E-state index contributed by atoms with van der Waals surface area (Å²) in [5.41, 5.74) is 1.66. The number of imide groups is 1. The first kappa shape index (κ1) is 22.8. The fourth-order valence-electron chi connectivity index (χ4n) is 4.84. The van der Waals surface area contributed by atoms with Gasteiger partial charge < -0.3 is 9.47 Å². The smallest absolute Gasteiger partial charge is 0.254 e. The molecule has 2 aliphatic carbocycles. The topological polar surface area (TPSA) is 68.2 Å². The molecule has 33 heavy (non-hydrogen) atoms. The molecule has 3 aliphatic rings. The molecule has 2 amide bonds. The highest BCUT2D eigenvalue weighted by atomic mass is 79.9. The minimum Gasteiger partial charge on any atom is -0.493 e. The summed E-state index contributed by atoms with van der Waals surface area (Å²) in [4.78, 5) is 25.7. The van der Waals surface area contributed by atoms with Crippen molar-refractivity contribution < 1.29 is 19.1 Å². The van der Waals surface area contributed by atoms with Gasteiger partial charge in [-0.3, -0.25) is 9.59 Å². The Bertz CT molecular complexity index is 1180. The van der Waals surface area contributed by atoms with Crippen LogP contribution in [0.4, 0.5) is 0 Å². The summed E-state index contributed by atoms with van der Waals surface area (Å²) in [5.74, 6) is 0.444. The molecule has 0 spiro atoms. The summed E-state index contributed by atoms with van der Waals surface area (Å²) >= 11 is 10.5. The van der Waals surface area contributed by atoms with E-state index in [9.17, 15) is 9.59 Å². The molecular formula is C24H19Br3N2O4. The van der Waals surface area contributed by atoms with Crippen LogP contribution < -0.4 is 9.47 Å². The Hall–Kier alpha value is -1.97. The van der Waals surface area contributed by atoms with Gasteiger partial charge in [-0.15, -0.1) is 0 Å². The normalized spacial score (nSPS) is 25.4. The van der Waals surface area contributed by atoms with Crippen LogP contribution in [0.25, 0.3) is 0 Å². The molecule has 1 heterocycles. The quantitative estimate of drug-likeness (QED) is 0.231. The van der Waals surface area contributed by atoms with Gasteiger partial charge in [0.25, 0.3) is 11.8 Å². The first-order valence-corrected chi connectivity index (χ1v) is 12.8. The predicted octanol–water partition coefficient (Wildman–Crippen LogP) is 5.70. The molecule has 0 radical (unpaired) electrons. The summed E-state index contributed by atoms with van der Waals surface area (Å²) in [6.07, 6.45) is 6.54. The number of benzene rings is 2. The largest absolute Gasteiger partial charge is 0.493 e. The third-order valence-corrected chi connectivity index (χ3v) is 8.36. The van der Waals surface area contributed by atoms with E-state index in [4.69, 9.17) is 9.47 Å². The van der Waals surface area contributed by atoms with Crippen molar-refractivity contribution in [2.45, 2.75) is 13.0 Å². The number of ether oxygens (including phenoxy) is 2. The number of methoxy groups -OCH3 is 1. The lowest BCUT2D eigenvalue weighted by Gasteiger charge is -2.14. The van der Waals surface area contributed by atoms with E-state index < -0.39 is 0 Å².